The molecule has 1 heterocycles. The summed E-state index contributed by atoms with van der Waals surface area (Å²) in [5.74, 6) is -0.978. The molecule has 1 unspecified atom stereocenters. The third kappa shape index (κ3) is 3.18. The van der Waals surface area contributed by atoms with E-state index in [-0.39, 0.29) is 23.0 Å². The fraction of sp³-hybridized carbons (Fsp3) is 0.333. The Labute approximate surface area is 139 Å². The van der Waals surface area contributed by atoms with E-state index in [1.54, 1.807) is 12.1 Å². The lowest BCUT2D eigenvalue weighted by Gasteiger charge is -2.27. The number of anilines is 1. The van der Waals surface area contributed by atoms with E-state index in [4.69, 9.17) is 4.74 Å². The number of ether oxygens (including phenoxy) is 1. The molecule has 0 spiro atoms. The van der Waals surface area contributed by atoms with Crippen molar-refractivity contribution in [2.45, 2.75) is 25.2 Å². The summed E-state index contributed by atoms with van der Waals surface area (Å²) < 4.78 is 19.1. The highest BCUT2D eigenvalue weighted by molar-refractivity contribution is 5.93. The Hall–Kier alpha value is -2.63. The second-order valence-electron chi connectivity index (χ2n) is 5.88. The third-order valence-corrected chi connectivity index (χ3v) is 4.44. The van der Waals surface area contributed by atoms with Crippen molar-refractivity contribution in [2.75, 3.05) is 19.0 Å². The fourth-order valence-electron chi connectivity index (χ4n) is 3.23. The molecule has 2 N–H and O–H groups in total. The number of aromatic nitrogens is 1. The van der Waals surface area contributed by atoms with Crippen molar-refractivity contribution in [3.05, 3.63) is 53.1 Å². The smallest absolute Gasteiger partial charge is 0.337 e. The predicted octanol–water partition coefficient (Wildman–Crippen LogP) is 3.46. The standard InChI is InChI=1S/C18H19FN2O3/c1-24-17-7-11-3-2-4-12(14(11)8-15(17)19)9-21-16-10-20-6-5-13(16)18(22)23/h5-8,10,12,21H,2-4,9H2,1H3,(H,22,23). The highest BCUT2D eigenvalue weighted by Gasteiger charge is 2.23. The number of hydrogen-bond acceptors (Lipinski definition) is 4. The Bertz CT molecular complexity index is 764. The predicted molar refractivity (Wildman–Crippen MR) is 88.3 cm³/mol. The summed E-state index contributed by atoms with van der Waals surface area (Å²) in [4.78, 5) is 15.2. The van der Waals surface area contributed by atoms with Crippen molar-refractivity contribution in [3.8, 4) is 5.75 Å². The van der Waals surface area contributed by atoms with E-state index in [0.717, 1.165) is 30.4 Å². The molecule has 3 rings (SSSR count). The number of carbonyl (C=O) groups is 1. The molecule has 0 fully saturated rings. The van der Waals surface area contributed by atoms with E-state index in [1.807, 2.05) is 0 Å². The molecule has 1 aliphatic rings. The first-order valence-corrected chi connectivity index (χ1v) is 7.87. The number of methoxy groups -OCH3 is 1. The number of carboxylic acid groups (broad SMARTS) is 1. The van der Waals surface area contributed by atoms with Crippen LogP contribution < -0.4 is 10.1 Å². The number of pyridine rings is 1. The molecule has 1 aromatic carbocycles. The van der Waals surface area contributed by atoms with Crippen LogP contribution in [-0.4, -0.2) is 29.7 Å². The Morgan fingerprint density at radius 3 is 3.08 bits per heavy atom. The van der Waals surface area contributed by atoms with Crippen LogP contribution in [0.1, 0.15) is 40.2 Å². The summed E-state index contributed by atoms with van der Waals surface area (Å²) in [6.45, 7) is 0.532. The molecule has 5 nitrogen and oxygen atoms in total. The van der Waals surface area contributed by atoms with Gasteiger partial charge in [0, 0.05) is 18.7 Å². The first-order chi connectivity index (χ1) is 11.6. The van der Waals surface area contributed by atoms with Crippen LogP contribution in [-0.2, 0) is 6.42 Å². The van der Waals surface area contributed by atoms with E-state index in [9.17, 15) is 14.3 Å². The van der Waals surface area contributed by atoms with Gasteiger partial charge in [-0.25, -0.2) is 9.18 Å². The largest absolute Gasteiger partial charge is 0.494 e. The van der Waals surface area contributed by atoms with Crippen molar-refractivity contribution in [1.29, 1.82) is 0 Å². The molecule has 1 aromatic heterocycles. The van der Waals surface area contributed by atoms with Crippen molar-refractivity contribution < 1.29 is 19.0 Å². The zero-order chi connectivity index (χ0) is 17.1. The van der Waals surface area contributed by atoms with Crippen LogP contribution in [0.2, 0.25) is 0 Å². The van der Waals surface area contributed by atoms with E-state index in [1.165, 1.54) is 25.6 Å². The molecule has 24 heavy (non-hydrogen) atoms. The number of carboxylic acids is 1. The Morgan fingerprint density at radius 2 is 2.33 bits per heavy atom. The summed E-state index contributed by atoms with van der Waals surface area (Å²) in [7, 11) is 1.46. The van der Waals surface area contributed by atoms with Crippen LogP contribution in [0.4, 0.5) is 10.1 Å². The zero-order valence-electron chi connectivity index (χ0n) is 13.4. The van der Waals surface area contributed by atoms with Crippen molar-refractivity contribution >= 4 is 11.7 Å². The van der Waals surface area contributed by atoms with Crippen LogP contribution in [0, 0.1) is 5.82 Å². The van der Waals surface area contributed by atoms with Gasteiger partial charge >= 0.3 is 5.97 Å². The fourth-order valence-corrected chi connectivity index (χ4v) is 3.23. The Morgan fingerprint density at radius 1 is 1.50 bits per heavy atom. The van der Waals surface area contributed by atoms with Crippen molar-refractivity contribution in [2.24, 2.45) is 0 Å². The molecule has 1 aliphatic carbocycles. The van der Waals surface area contributed by atoms with Crippen molar-refractivity contribution in [1.82, 2.24) is 4.98 Å². The quantitative estimate of drug-likeness (QED) is 0.878. The first kappa shape index (κ1) is 16.2. The number of nitrogens with zero attached hydrogens (tertiary/aromatic N) is 1. The molecule has 1 atom stereocenters. The molecule has 2 aromatic rings. The maximum Gasteiger partial charge on any atom is 0.337 e. The second-order valence-corrected chi connectivity index (χ2v) is 5.88. The van der Waals surface area contributed by atoms with E-state index >= 15 is 0 Å². The van der Waals surface area contributed by atoms with Crippen LogP contribution in [0.5, 0.6) is 5.75 Å². The lowest BCUT2D eigenvalue weighted by molar-refractivity contribution is 0.0698. The molecule has 0 saturated heterocycles. The summed E-state index contributed by atoms with van der Waals surface area (Å²) in [6, 6.07) is 4.77. The van der Waals surface area contributed by atoms with Crippen LogP contribution in [0.3, 0.4) is 0 Å². The monoisotopic (exact) mass is 330 g/mol. The number of rotatable bonds is 5. The minimum Gasteiger partial charge on any atom is -0.494 e. The molecule has 6 heteroatoms. The number of halogens is 1. The van der Waals surface area contributed by atoms with Crippen LogP contribution in [0.25, 0.3) is 0 Å². The van der Waals surface area contributed by atoms with Gasteiger partial charge in [-0.1, -0.05) is 0 Å². The molecular weight excluding hydrogens is 311 g/mol. The molecule has 0 bridgehead atoms. The van der Waals surface area contributed by atoms with E-state index in [2.05, 4.69) is 10.3 Å². The lowest BCUT2D eigenvalue weighted by Crippen LogP contribution is -2.19. The highest BCUT2D eigenvalue weighted by atomic mass is 19.1. The topological polar surface area (TPSA) is 71.5 Å². The summed E-state index contributed by atoms with van der Waals surface area (Å²) >= 11 is 0. The Balaban J connectivity index is 1.81. The van der Waals surface area contributed by atoms with Gasteiger partial charge in [0.25, 0.3) is 0 Å². The van der Waals surface area contributed by atoms with Crippen molar-refractivity contribution in [3.63, 3.8) is 0 Å². The number of hydrogen-bond donors (Lipinski definition) is 2. The number of aryl methyl sites for hydroxylation is 1. The number of nitrogens with one attached hydrogen (secondary N) is 1. The highest BCUT2D eigenvalue weighted by Crippen LogP contribution is 2.35. The Kier molecular flexibility index (Phi) is 4.64. The normalized spacial score (nSPS) is 16.3. The van der Waals surface area contributed by atoms with Gasteiger partial charge in [-0.2, -0.15) is 0 Å². The molecular formula is C18H19FN2O3. The summed E-state index contributed by atoms with van der Waals surface area (Å²) in [6.07, 6.45) is 5.78. The molecule has 0 aliphatic heterocycles. The average Bonchev–Trinajstić information content (AvgIpc) is 2.59. The molecule has 0 saturated carbocycles. The minimum absolute atomic E-state index is 0.121. The summed E-state index contributed by atoms with van der Waals surface area (Å²) in [5.41, 5.74) is 2.72. The third-order valence-electron chi connectivity index (χ3n) is 4.44. The summed E-state index contributed by atoms with van der Waals surface area (Å²) in [5, 5.41) is 12.4. The van der Waals surface area contributed by atoms with Gasteiger partial charge in [-0.05, 0) is 48.6 Å². The van der Waals surface area contributed by atoms with Gasteiger partial charge in [0.1, 0.15) is 0 Å². The van der Waals surface area contributed by atoms with Gasteiger partial charge in [0.2, 0.25) is 0 Å². The van der Waals surface area contributed by atoms with Crippen LogP contribution in [0.15, 0.2) is 30.6 Å². The number of aromatic carboxylic acids is 1. The van der Waals surface area contributed by atoms with Gasteiger partial charge in [-0.3, -0.25) is 4.98 Å². The number of benzene rings is 1. The second kappa shape index (κ2) is 6.86. The maximum atomic E-state index is 14.1. The minimum atomic E-state index is -1.00. The van der Waals surface area contributed by atoms with Gasteiger partial charge in [0.15, 0.2) is 11.6 Å². The SMILES string of the molecule is COc1cc2c(cc1F)C(CNc1cnccc1C(=O)O)CCC2. The van der Waals surface area contributed by atoms with E-state index in [0.29, 0.717) is 12.2 Å². The van der Waals surface area contributed by atoms with E-state index < -0.39 is 5.97 Å². The average molecular weight is 330 g/mol. The van der Waals surface area contributed by atoms with Crippen LogP contribution >= 0.6 is 0 Å². The maximum absolute atomic E-state index is 14.1. The molecule has 126 valence electrons. The molecule has 0 amide bonds. The zero-order valence-corrected chi connectivity index (χ0v) is 13.4. The van der Waals surface area contributed by atoms with Gasteiger partial charge in [-0.15, -0.1) is 0 Å². The van der Waals surface area contributed by atoms with Gasteiger partial charge in [0.05, 0.1) is 24.6 Å². The van der Waals surface area contributed by atoms with Gasteiger partial charge < -0.3 is 15.2 Å². The first-order valence-electron chi connectivity index (χ1n) is 7.87. The molecule has 0 radical (unpaired) electrons. The number of fused-ring (bicyclic) bond motifs is 1. The lowest BCUT2D eigenvalue weighted by atomic mass is 9.82.